The second-order valence-electron chi connectivity index (χ2n) is 6.10. The van der Waals surface area contributed by atoms with Gasteiger partial charge in [0.2, 0.25) is 5.91 Å². The van der Waals surface area contributed by atoms with Crippen molar-refractivity contribution in [1.29, 1.82) is 0 Å². The van der Waals surface area contributed by atoms with E-state index in [0.717, 1.165) is 43.0 Å². The van der Waals surface area contributed by atoms with Gasteiger partial charge in [0, 0.05) is 31.8 Å². The monoisotopic (exact) mass is 348 g/mol. The van der Waals surface area contributed by atoms with Crippen molar-refractivity contribution in [3.05, 3.63) is 29.8 Å². The van der Waals surface area contributed by atoms with Crippen LogP contribution >= 0.6 is 11.8 Å². The van der Waals surface area contributed by atoms with Gasteiger partial charge in [0.25, 0.3) is 5.24 Å². The molecule has 2 saturated heterocycles. The number of benzene rings is 1. The van der Waals surface area contributed by atoms with Crippen molar-refractivity contribution in [2.75, 3.05) is 32.0 Å². The SMILES string of the molecule is CCOc1ccc([C@@H]2CCCN2C(=O)CCN2CCSC2=O)cc1. The summed E-state index contributed by atoms with van der Waals surface area (Å²) in [6.45, 7) is 4.73. The van der Waals surface area contributed by atoms with Crippen molar-refractivity contribution in [1.82, 2.24) is 9.80 Å². The molecule has 5 nitrogen and oxygen atoms in total. The first-order valence-corrected chi connectivity index (χ1v) is 9.61. The molecule has 2 fully saturated rings. The van der Waals surface area contributed by atoms with Crippen LogP contribution in [0.4, 0.5) is 4.79 Å². The van der Waals surface area contributed by atoms with Gasteiger partial charge in [-0.05, 0) is 37.5 Å². The molecule has 1 aromatic carbocycles. The number of carbonyl (C=O) groups is 2. The summed E-state index contributed by atoms with van der Waals surface area (Å²) in [5.74, 6) is 1.85. The van der Waals surface area contributed by atoms with E-state index in [0.29, 0.717) is 19.6 Å². The fraction of sp³-hybridized carbons (Fsp3) is 0.556. The third-order valence-electron chi connectivity index (χ3n) is 4.59. The molecule has 2 amide bonds. The maximum atomic E-state index is 12.6. The number of hydrogen-bond acceptors (Lipinski definition) is 4. The summed E-state index contributed by atoms with van der Waals surface area (Å²) >= 11 is 1.34. The molecule has 0 N–H and O–H groups in total. The van der Waals surface area contributed by atoms with Gasteiger partial charge in [0.05, 0.1) is 12.6 Å². The maximum Gasteiger partial charge on any atom is 0.281 e. The van der Waals surface area contributed by atoms with Crippen LogP contribution in [0.1, 0.15) is 37.8 Å². The molecule has 2 heterocycles. The van der Waals surface area contributed by atoms with Crippen molar-refractivity contribution in [2.24, 2.45) is 0 Å². The Hall–Kier alpha value is -1.69. The lowest BCUT2D eigenvalue weighted by molar-refractivity contribution is -0.132. The van der Waals surface area contributed by atoms with Crippen LogP contribution in [0.2, 0.25) is 0 Å². The number of rotatable bonds is 6. The Morgan fingerprint density at radius 3 is 2.75 bits per heavy atom. The molecule has 0 aromatic heterocycles. The molecule has 0 bridgehead atoms. The van der Waals surface area contributed by atoms with Crippen molar-refractivity contribution in [3.63, 3.8) is 0 Å². The average molecular weight is 348 g/mol. The van der Waals surface area contributed by atoms with Gasteiger partial charge in [-0.15, -0.1) is 0 Å². The number of likely N-dealkylation sites (tertiary alicyclic amines) is 1. The van der Waals surface area contributed by atoms with Crippen LogP contribution in [0.15, 0.2) is 24.3 Å². The third-order valence-corrected chi connectivity index (χ3v) is 5.48. The quantitative estimate of drug-likeness (QED) is 0.791. The predicted molar refractivity (Wildman–Crippen MR) is 95.3 cm³/mol. The van der Waals surface area contributed by atoms with E-state index < -0.39 is 0 Å². The van der Waals surface area contributed by atoms with Crippen molar-refractivity contribution in [3.8, 4) is 5.75 Å². The number of thioether (sulfide) groups is 1. The zero-order valence-electron chi connectivity index (χ0n) is 14.1. The van der Waals surface area contributed by atoms with E-state index in [4.69, 9.17) is 4.74 Å². The summed E-state index contributed by atoms with van der Waals surface area (Å²) in [5, 5.41) is 0.104. The molecular formula is C18H24N2O3S. The predicted octanol–water partition coefficient (Wildman–Crippen LogP) is 3.31. The van der Waals surface area contributed by atoms with Gasteiger partial charge in [-0.2, -0.15) is 0 Å². The standard InChI is InChI=1S/C18H24N2O3S/c1-2-23-15-7-5-14(6-8-15)16-4-3-10-20(16)17(21)9-11-19-12-13-24-18(19)22/h5-8,16H,2-4,9-13H2,1H3/t16-/m0/s1. The second-order valence-corrected chi connectivity index (χ2v) is 7.14. The van der Waals surface area contributed by atoms with Crippen molar-refractivity contribution in [2.45, 2.75) is 32.2 Å². The highest BCUT2D eigenvalue weighted by Crippen LogP contribution is 2.33. The summed E-state index contributed by atoms with van der Waals surface area (Å²) in [6, 6.07) is 8.21. The fourth-order valence-corrected chi connectivity index (χ4v) is 4.22. The van der Waals surface area contributed by atoms with Crippen LogP contribution in [0.3, 0.4) is 0 Å². The van der Waals surface area contributed by atoms with E-state index in [-0.39, 0.29) is 17.2 Å². The summed E-state index contributed by atoms with van der Waals surface area (Å²) in [7, 11) is 0. The first kappa shape index (κ1) is 17.1. The maximum absolute atomic E-state index is 12.6. The Balaban J connectivity index is 1.59. The third kappa shape index (κ3) is 3.86. The molecule has 24 heavy (non-hydrogen) atoms. The van der Waals surface area contributed by atoms with Crippen LogP contribution < -0.4 is 4.74 Å². The van der Waals surface area contributed by atoms with Crippen LogP contribution in [0.25, 0.3) is 0 Å². The highest BCUT2D eigenvalue weighted by molar-refractivity contribution is 8.13. The molecule has 0 unspecified atom stereocenters. The number of amides is 2. The lowest BCUT2D eigenvalue weighted by Gasteiger charge is -2.26. The topological polar surface area (TPSA) is 49.9 Å². The minimum Gasteiger partial charge on any atom is -0.494 e. The smallest absolute Gasteiger partial charge is 0.281 e. The molecule has 3 rings (SSSR count). The van der Waals surface area contributed by atoms with E-state index in [9.17, 15) is 9.59 Å². The molecule has 1 aromatic rings. The Morgan fingerprint density at radius 1 is 1.29 bits per heavy atom. The fourth-order valence-electron chi connectivity index (χ4n) is 3.37. The number of carbonyl (C=O) groups excluding carboxylic acids is 2. The Morgan fingerprint density at radius 2 is 2.08 bits per heavy atom. The first-order chi connectivity index (χ1) is 11.7. The van der Waals surface area contributed by atoms with Gasteiger partial charge >= 0.3 is 0 Å². The van der Waals surface area contributed by atoms with E-state index in [1.54, 1.807) is 4.90 Å². The molecule has 6 heteroatoms. The Bertz CT molecular complexity index is 590. The lowest BCUT2D eigenvalue weighted by atomic mass is 10.0. The zero-order valence-corrected chi connectivity index (χ0v) is 14.9. The van der Waals surface area contributed by atoms with Gasteiger partial charge in [0.15, 0.2) is 0 Å². The number of nitrogens with zero attached hydrogens (tertiary/aromatic N) is 2. The van der Waals surface area contributed by atoms with Crippen LogP contribution in [-0.2, 0) is 4.79 Å². The summed E-state index contributed by atoms with van der Waals surface area (Å²) in [5.41, 5.74) is 1.16. The van der Waals surface area contributed by atoms with E-state index in [1.165, 1.54) is 11.8 Å². The normalized spacial score (nSPS) is 20.7. The number of hydrogen-bond donors (Lipinski definition) is 0. The average Bonchev–Trinajstić information content (AvgIpc) is 3.23. The Kier molecular flexibility index (Phi) is 5.66. The molecule has 0 aliphatic carbocycles. The van der Waals surface area contributed by atoms with Gasteiger partial charge < -0.3 is 14.5 Å². The summed E-state index contributed by atoms with van der Waals surface area (Å²) < 4.78 is 5.48. The molecule has 0 spiro atoms. The highest BCUT2D eigenvalue weighted by Gasteiger charge is 2.30. The zero-order chi connectivity index (χ0) is 16.9. The van der Waals surface area contributed by atoms with Gasteiger partial charge in [0.1, 0.15) is 5.75 Å². The number of ether oxygens (including phenoxy) is 1. The van der Waals surface area contributed by atoms with E-state index in [1.807, 2.05) is 24.0 Å². The highest BCUT2D eigenvalue weighted by atomic mass is 32.2. The minimum atomic E-state index is 0.104. The second kappa shape index (κ2) is 7.92. The molecule has 2 aliphatic rings. The van der Waals surface area contributed by atoms with Crippen molar-refractivity contribution >= 4 is 22.9 Å². The first-order valence-electron chi connectivity index (χ1n) is 8.63. The largest absolute Gasteiger partial charge is 0.494 e. The molecule has 1 atom stereocenters. The van der Waals surface area contributed by atoms with Gasteiger partial charge in [-0.25, -0.2) is 0 Å². The van der Waals surface area contributed by atoms with Gasteiger partial charge in [-0.3, -0.25) is 9.59 Å². The van der Waals surface area contributed by atoms with E-state index in [2.05, 4.69) is 12.1 Å². The summed E-state index contributed by atoms with van der Waals surface area (Å²) in [4.78, 5) is 28.0. The summed E-state index contributed by atoms with van der Waals surface area (Å²) in [6.07, 6.45) is 2.44. The van der Waals surface area contributed by atoms with E-state index >= 15 is 0 Å². The molecule has 130 valence electrons. The van der Waals surface area contributed by atoms with Crippen LogP contribution in [0, 0.1) is 0 Å². The lowest BCUT2D eigenvalue weighted by Crippen LogP contribution is -2.34. The molecular weight excluding hydrogens is 324 g/mol. The van der Waals surface area contributed by atoms with Gasteiger partial charge in [-0.1, -0.05) is 23.9 Å². The Labute approximate surface area is 147 Å². The van der Waals surface area contributed by atoms with Crippen LogP contribution in [-0.4, -0.2) is 52.9 Å². The molecule has 0 radical (unpaired) electrons. The van der Waals surface area contributed by atoms with Crippen molar-refractivity contribution < 1.29 is 14.3 Å². The molecule has 2 aliphatic heterocycles. The molecule has 0 saturated carbocycles. The minimum absolute atomic E-state index is 0.104. The van der Waals surface area contributed by atoms with Crippen LogP contribution in [0.5, 0.6) is 5.75 Å².